The lowest BCUT2D eigenvalue weighted by Gasteiger charge is -2.16. The lowest BCUT2D eigenvalue weighted by molar-refractivity contribution is -0.128. The Morgan fingerprint density at radius 2 is 2.00 bits per heavy atom. The summed E-state index contributed by atoms with van der Waals surface area (Å²) >= 11 is 0. The van der Waals surface area contributed by atoms with Crippen LogP contribution in [0, 0.1) is 11.7 Å². The molecule has 2 heterocycles. The van der Waals surface area contributed by atoms with E-state index < -0.39 is 11.9 Å². The summed E-state index contributed by atoms with van der Waals surface area (Å²) in [5.74, 6) is -1.46. The molecule has 0 bridgehead atoms. The van der Waals surface area contributed by atoms with Crippen molar-refractivity contribution in [2.45, 2.75) is 26.2 Å². The van der Waals surface area contributed by atoms with Crippen molar-refractivity contribution >= 4 is 34.4 Å². The van der Waals surface area contributed by atoms with Crippen molar-refractivity contribution in [2.24, 2.45) is 5.92 Å². The number of aromatic amines is 1. The van der Waals surface area contributed by atoms with Gasteiger partial charge in [-0.1, -0.05) is 6.92 Å². The van der Waals surface area contributed by atoms with Crippen LogP contribution in [0.2, 0.25) is 0 Å². The number of esters is 1. The topological polar surface area (TPSA) is 91.5 Å². The first kappa shape index (κ1) is 22.5. The number of rotatable bonds is 8. The minimum absolute atomic E-state index is 0.0739. The van der Waals surface area contributed by atoms with E-state index in [4.69, 9.17) is 4.74 Å². The highest BCUT2D eigenvalue weighted by atomic mass is 19.1. The van der Waals surface area contributed by atoms with Gasteiger partial charge in [0.15, 0.2) is 0 Å². The molecule has 7 nitrogen and oxygen atoms in total. The number of ether oxygens (including phenoxy) is 1. The molecule has 0 aliphatic carbocycles. The molecular weight excluding hydrogens is 425 g/mol. The number of carbonyl (C=O) groups is 3. The molecule has 1 fully saturated rings. The third-order valence-corrected chi connectivity index (χ3v) is 5.79. The second kappa shape index (κ2) is 9.85. The van der Waals surface area contributed by atoms with Crippen LogP contribution in [0.25, 0.3) is 10.9 Å². The van der Waals surface area contributed by atoms with Gasteiger partial charge in [0.2, 0.25) is 11.8 Å². The number of anilines is 1. The second-order valence-corrected chi connectivity index (χ2v) is 8.20. The van der Waals surface area contributed by atoms with Crippen molar-refractivity contribution < 1.29 is 23.5 Å². The number of nitrogens with zero attached hydrogens (tertiary/aromatic N) is 1. The van der Waals surface area contributed by atoms with Gasteiger partial charge >= 0.3 is 5.97 Å². The van der Waals surface area contributed by atoms with Gasteiger partial charge in [-0.2, -0.15) is 0 Å². The van der Waals surface area contributed by atoms with Crippen molar-refractivity contribution in [2.75, 3.05) is 25.0 Å². The number of likely N-dealkylation sites (tertiary alicyclic amines) is 1. The lowest BCUT2D eigenvalue weighted by atomic mass is 10.1. The fourth-order valence-corrected chi connectivity index (χ4v) is 3.99. The van der Waals surface area contributed by atoms with Crippen molar-refractivity contribution in [3.8, 4) is 0 Å². The molecule has 172 valence electrons. The monoisotopic (exact) mass is 451 g/mol. The van der Waals surface area contributed by atoms with Crippen molar-refractivity contribution in [1.82, 2.24) is 9.88 Å². The normalized spacial score (nSPS) is 15.8. The van der Waals surface area contributed by atoms with E-state index >= 15 is 0 Å². The van der Waals surface area contributed by atoms with Crippen molar-refractivity contribution in [1.29, 1.82) is 0 Å². The number of carbonyl (C=O) groups excluding carboxylic acids is 3. The molecule has 2 aromatic carbocycles. The number of fused-ring (bicyclic) bond motifs is 1. The predicted octanol–water partition coefficient (Wildman–Crippen LogP) is 3.90. The molecule has 0 saturated carbocycles. The number of hydrogen-bond acceptors (Lipinski definition) is 4. The molecule has 0 radical (unpaired) electrons. The molecule has 1 aliphatic heterocycles. The maximum Gasteiger partial charge on any atom is 0.338 e. The molecular formula is C25H26FN3O4. The van der Waals surface area contributed by atoms with E-state index in [1.807, 2.05) is 13.1 Å². The Morgan fingerprint density at radius 1 is 1.21 bits per heavy atom. The Morgan fingerprint density at radius 3 is 2.76 bits per heavy atom. The van der Waals surface area contributed by atoms with Gasteiger partial charge in [0.05, 0.1) is 18.1 Å². The smallest absolute Gasteiger partial charge is 0.338 e. The van der Waals surface area contributed by atoms with Crippen LogP contribution in [0.4, 0.5) is 10.1 Å². The summed E-state index contributed by atoms with van der Waals surface area (Å²) in [5.41, 5.74) is 2.75. The summed E-state index contributed by atoms with van der Waals surface area (Å²) in [6.07, 6.45) is 3.29. The van der Waals surface area contributed by atoms with Gasteiger partial charge < -0.3 is 19.9 Å². The summed E-state index contributed by atoms with van der Waals surface area (Å²) in [7, 11) is 0. The summed E-state index contributed by atoms with van der Waals surface area (Å²) in [6.45, 7) is 3.08. The van der Waals surface area contributed by atoms with Crippen LogP contribution in [-0.4, -0.2) is 47.4 Å². The fourth-order valence-electron chi connectivity index (χ4n) is 3.99. The summed E-state index contributed by atoms with van der Waals surface area (Å²) < 4.78 is 18.7. The molecule has 2 N–H and O–H groups in total. The number of halogens is 1. The highest BCUT2D eigenvalue weighted by Crippen LogP contribution is 2.23. The Balaban J connectivity index is 1.31. The molecule has 0 spiro atoms. The number of nitrogens with one attached hydrogen (secondary N) is 2. The highest BCUT2D eigenvalue weighted by Gasteiger charge is 2.34. The molecule has 1 aliphatic rings. The third kappa shape index (κ3) is 5.22. The number of aromatic nitrogens is 1. The predicted molar refractivity (Wildman–Crippen MR) is 122 cm³/mol. The number of H-pyrrole nitrogens is 1. The Kier molecular flexibility index (Phi) is 6.72. The van der Waals surface area contributed by atoms with Crippen LogP contribution in [0.5, 0.6) is 0 Å². The van der Waals surface area contributed by atoms with E-state index in [1.54, 1.807) is 35.2 Å². The minimum Gasteiger partial charge on any atom is -0.462 e. The first-order valence-electron chi connectivity index (χ1n) is 11.1. The fraction of sp³-hybridized carbons (Fsp3) is 0.320. The van der Waals surface area contributed by atoms with Gasteiger partial charge in [-0.05, 0) is 60.9 Å². The average Bonchev–Trinajstić information content (AvgIpc) is 3.39. The summed E-state index contributed by atoms with van der Waals surface area (Å²) in [4.78, 5) is 41.8. The molecule has 1 aromatic heterocycles. The Labute approximate surface area is 190 Å². The van der Waals surface area contributed by atoms with E-state index in [0.29, 0.717) is 37.4 Å². The SMILES string of the molecule is CCCOC(=O)c1ccc(NC(=O)[C@H]2CC(=O)N(CCc3c[nH]c4ccc(F)cc34)C2)cc1. The maximum absolute atomic E-state index is 13.6. The highest BCUT2D eigenvalue weighted by molar-refractivity contribution is 5.97. The molecule has 1 saturated heterocycles. The molecule has 2 amide bonds. The van der Waals surface area contributed by atoms with Crippen LogP contribution in [0.1, 0.15) is 35.7 Å². The van der Waals surface area contributed by atoms with Crippen LogP contribution in [0.15, 0.2) is 48.7 Å². The Hall–Kier alpha value is -3.68. The summed E-state index contributed by atoms with van der Waals surface area (Å²) in [6, 6.07) is 11.1. The molecule has 3 aromatic rings. The number of amides is 2. The van der Waals surface area contributed by atoms with Crippen LogP contribution >= 0.6 is 0 Å². The van der Waals surface area contributed by atoms with Crippen LogP contribution in [0.3, 0.4) is 0 Å². The van der Waals surface area contributed by atoms with Gasteiger partial charge in [-0.15, -0.1) is 0 Å². The zero-order chi connectivity index (χ0) is 23.4. The van der Waals surface area contributed by atoms with E-state index in [-0.39, 0.29) is 24.1 Å². The standard InChI is InChI=1S/C25H26FN3O4/c1-2-11-33-25(32)16-3-6-20(7-4-16)28-24(31)18-12-23(30)29(15-18)10-9-17-14-27-22-8-5-19(26)13-21(17)22/h3-8,13-14,18,27H,2,9-12,15H2,1H3,(H,28,31)/t18-/m0/s1. The second-order valence-electron chi connectivity index (χ2n) is 8.20. The van der Waals surface area contributed by atoms with Gasteiger partial charge in [0.25, 0.3) is 0 Å². The zero-order valence-corrected chi connectivity index (χ0v) is 18.4. The lowest BCUT2D eigenvalue weighted by Crippen LogP contribution is -2.30. The van der Waals surface area contributed by atoms with Crippen LogP contribution < -0.4 is 5.32 Å². The number of benzene rings is 2. The third-order valence-electron chi connectivity index (χ3n) is 5.79. The van der Waals surface area contributed by atoms with Gasteiger partial charge in [0, 0.05) is 42.3 Å². The van der Waals surface area contributed by atoms with E-state index in [9.17, 15) is 18.8 Å². The first-order chi connectivity index (χ1) is 15.9. The van der Waals surface area contributed by atoms with E-state index in [2.05, 4.69) is 10.3 Å². The van der Waals surface area contributed by atoms with Crippen LogP contribution in [-0.2, 0) is 20.7 Å². The zero-order valence-electron chi connectivity index (χ0n) is 18.4. The molecule has 33 heavy (non-hydrogen) atoms. The van der Waals surface area contributed by atoms with Crippen molar-refractivity contribution in [3.63, 3.8) is 0 Å². The first-order valence-corrected chi connectivity index (χ1v) is 11.1. The molecule has 1 atom stereocenters. The summed E-state index contributed by atoms with van der Waals surface area (Å²) in [5, 5.41) is 3.62. The number of hydrogen-bond donors (Lipinski definition) is 2. The van der Waals surface area contributed by atoms with Gasteiger partial charge in [0.1, 0.15) is 5.82 Å². The largest absolute Gasteiger partial charge is 0.462 e. The van der Waals surface area contributed by atoms with E-state index in [0.717, 1.165) is 22.9 Å². The minimum atomic E-state index is -0.452. The quantitative estimate of drug-likeness (QED) is 0.508. The van der Waals surface area contributed by atoms with E-state index in [1.165, 1.54) is 12.1 Å². The maximum atomic E-state index is 13.6. The van der Waals surface area contributed by atoms with Gasteiger partial charge in [-0.3, -0.25) is 9.59 Å². The molecule has 0 unspecified atom stereocenters. The Bertz CT molecular complexity index is 1170. The average molecular weight is 451 g/mol. The molecule has 8 heteroatoms. The van der Waals surface area contributed by atoms with Crippen molar-refractivity contribution in [3.05, 3.63) is 65.6 Å². The van der Waals surface area contributed by atoms with Gasteiger partial charge in [-0.25, -0.2) is 9.18 Å². The molecule has 4 rings (SSSR count).